The number of carbonyl (C=O) groups is 1. The predicted octanol–water partition coefficient (Wildman–Crippen LogP) is 2.22. The highest BCUT2D eigenvalue weighted by atomic mass is 16.4. The average molecular weight is 213 g/mol. The minimum Gasteiger partial charge on any atom is -0.481 e. The summed E-state index contributed by atoms with van der Waals surface area (Å²) in [6.45, 7) is 5.35. The zero-order valence-electron chi connectivity index (χ0n) is 10.1. The van der Waals surface area contributed by atoms with Crippen LogP contribution in [0.25, 0.3) is 0 Å². The third-order valence-corrected chi connectivity index (χ3v) is 3.27. The van der Waals surface area contributed by atoms with Crippen molar-refractivity contribution in [3.63, 3.8) is 0 Å². The predicted molar refractivity (Wildman–Crippen MR) is 60.8 cm³/mol. The summed E-state index contributed by atoms with van der Waals surface area (Å²) in [7, 11) is 2.06. The Morgan fingerprint density at radius 3 is 2.53 bits per heavy atom. The summed E-state index contributed by atoms with van der Waals surface area (Å²) in [6, 6.07) is 0.249. The van der Waals surface area contributed by atoms with Gasteiger partial charge < -0.3 is 10.0 Å². The van der Waals surface area contributed by atoms with Gasteiger partial charge in [0.15, 0.2) is 0 Å². The molecule has 1 saturated carbocycles. The number of aliphatic carboxylic acids is 1. The fraction of sp³-hybridized carbons (Fsp3) is 0.917. The zero-order chi connectivity index (χ0) is 11.4. The molecule has 2 atom stereocenters. The molecule has 0 aromatic heterocycles. The Morgan fingerprint density at radius 2 is 2.00 bits per heavy atom. The van der Waals surface area contributed by atoms with E-state index in [2.05, 4.69) is 25.8 Å². The first-order chi connectivity index (χ1) is 7.02. The van der Waals surface area contributed by atoms with Gasteiger partial charge in [0.1, 0.15) is 0 Å². The van der Waals surface area contributed by atoms with E-state index in [9.17, 15) is 4.79 Å². The maximum atomic E-state index is 11.1. The molecule has 0 spiro atoms. The van der Waals surface area contributed by atoms with E-state index < -0.39 is 5.97 Å². The lowest BCUT2D eigenvalue weighted by Gasteiger charge is -2.36. The first kappa shape index (κ1) is 12.5. The van der Waals surface area contributed by atoms with Crippen LogP contribution in [0.2, 0.25) is 0 Å². The molecule has 0 saturated heterocycles. The Labute approximate surface area is 92.5 Å². The van der Waals surface area contributed by atoms with Crippen LogP contribution in [0.3, 0.4) is 0 Å². The minimum atomic E-state index is -0.615. The summed E-state index contributed by atoms with van der Waals surface area (Å²) in [5.74, 6) is -0.163. The van der Waals surface area contributed by atoms with E-state index in [1.165, 1.54) is 6.42 Å². The van der Waals surface area contributed by atoms with Gasteiger partial charge in [-0.2, -0.15) is 0 Å². The quantitative estimate of drug-likeness (QED) is 0.778. The van der Waals surface area contributed by atoms with Gasteiger partial charge in [-0.25, -0.2) is 0 Å². The van der Waals surface area contributed by atoms with Crippen molar-refractivity contribution in [3.8, 4) is 0 Å². The molecule has 1 rings (SSSR count). The molecule has 1 fully saturated rings. The highest BCUT2D eigenvalue weighted by molar-refractivity contribution is 5.71. The average Bonchev–Trinajstić information content (AvgIpc) is 2.16. The van der Waals surface area contributed by atoms with Gasteiger partial charge in [0.25, 0.3) is 0 Å². The number of carboxylic acids is 1. The molecule has 0 aromatic rings. The van der Waals surface area contributed by atoms with E-state index in [-0.39, 0.29) is 12.0 Å². The fourth-order valence-corrected chi connectivity index (χ4v) is 2.64. The molecule has 15 heavy (non-hydrogen) atoms. The van der Waals surface area contributed by atoms with E-state index in [0.717, 1.165) is 25.8 Å². The van der Waals surface area contributed by atoms with Crippen molar-refractivity contribution in [2.45, 2.75) is 45.6 Å². The van der Waals surface area contributed by atoms with Crippen LogP contribution in [-0.4, -0.2) is 35.6 Å². The van der Waals surface area contributed by atoms with E-state index >= 15 is 0 Å². The normalized spacial score (nSPS) is 27.3. The number of nitrogens with zero attached hydrogens (tertiary/aromatic N) is 1. The second kappa shape index (κ2) is 5.50. The summed E-state index contributed by atoms with van der Waals surface area (Å²) in [4.78, 5) is 13.4. The molecule has 0 amide bonds. The number of hydrogen-bond acceptors (Lipinski definition) is 2. The Bertz CT molecular complexity index is 216. The molecule has 0 radical (unpaired) electrons. The fourth-order valence-electron chi connectivity index (χ4n) is 2.64. The lowest BCUT2D eigenvalue weighted by molar-refractivity contribution is -0.145. The largest absolute Gasteiger partial charge is 0.481 e. The molecule has 1 aliphatic rings. The number of carboxylic acid groups (broad SMARTS) is 1. The van der Waals surface area contributed by atoms with Crippen LogP contribution in [0.5, 0.6) is 0 Å². The molecule has 1 N–H and O–H groups in total. The van der Waals surface area contributed by atoms with Crippen molar-refractivity contribution in [3.05, 3.63) is 0 Å². The molecule has 88 valence electrons. The Balaban J connectivity index is 2.59. The van der Waals surface area contributed by atoms with Gasteiger partial charge in [0.05, 0.1) is 5.92 Å². The van der Waals surface area contributed by atoms with E-state index in [4.69, 9.17) is 5.11 Å². The van der Waals surface area contributed by atoms with Gasteiger partial charge in [0, 0.05) is 12.6 Å². The van der Waals surface area contributed by atoms with Gasteiger partial charge in [-0.05, 0) is 25.8 Å². The first-order valence-electron chi connectivity index (χ1n) is 5.95. The smallest absolute Gasteiger partial charge is 0.308 e. The number of rotatable bonds is 4. The van der Waals surface area contributed by atoms with Crippen LogP contribution < -0.4 is 0 Å². The standard InChI is InChI=1S/C12H23NO2/c1-9(2)8-13(3)11-7-5-4-6-10(11)12(14)15/h9-11H,4-8H2,1-3H3,(H,14,15). The molecule has 2 unspecified atom stereocenters. The van der Waals surface area contributed by atoms with Gasteiger partial charge in [0.2, 0.25) is 0 Å². The first-order valence-corrected chi connectivity index (χ1v) is 5.95. The van der Waals surface area contributed by atoms with Crippen LogP contribution in [0.4, 0.5) is 0 Å². The van der Waals surface area contributed by atoms with Crippen molar-refractivity contribution in [1.29, 1.82) is 0 Å². The van der Waals surface area contributed by atoms with E-state index in [1.54, 1.807) is 0 Å². The Kier molecular flexibility index (Phi) is 4.58. The number of hydrogen-bond donors (Lipinski definition) is 1. The Hall–Kier alpha value is -0.570. The maximum absolute atomic E-state index is 11.1. The van der Waals surface area contributed by atoms with E-state index in [1.807, 2.05) is 0 Å². The van der Waals surface area contributed by atoms with E-state index in [0.29, 0.717) is 5.92 Å². The summed E-state index contributed by atoms with van der Waals surface area (Å²) >= 11 is 0. The van der Waals surface area contributed by atoms with Crippen LogP contribution in [0, 0.1) is 11.8 Å². The Morgan fingerprint density at radius 1 is 1.40 bits per heavy atom. The zero-order valence-corrected chi connectivity index (χ0v) is 10.1. The third kappa shape index (κ3) is 3.49. The van der Waals surface area contributed by atoms with Crippen molar-refractivity contribution in [2.75, 3.05) is 13.6 Å². The highest BCUT2D eigenvalue weighted by Gasteiger charge is 2.33. The van der Waals surface area contributed by atoms with Gasteiger partial charge in [-0.15, -0.1) is 0 Å². The van der Waals surface area contributed by atoms with Gasteiger partial charge >= 0.3 is 5.97 Å². The molecule has 1 aliphatic carbocycles. The van der Waals surface area contributed by atoms with Crippen LogP contribution >= 0.6 is 0 Å². The molecular formula is C12H23NO2. The summed E-state index contributed by atoms with van der Waals surface area (Å²) in [6.07, 6.45) is 4.14. The molecule has 3 nitrogen and oxygen atoms in total. The summed E-state index contributed by atoms with van der Waals surface area (Å²) in [5, 5.41) is 9.17. The molecule has 0 heterocycles. The van der Waals surface area contributed by atoms with Gasteiger partial charge in [-0.1, -0.05) is 26.7 Å². The van der Waals surface area contributed by atoms with Crippen molar-refractivity contribution >= 4 is 5.97 Å². The van der Waals surface area contributed by atoms with Gasteiger partial charge in [-0.3, -0.25) is 4.79 Å². The lowest BCUT2D eigenvalue weighted by atomic mass is 9.83. The highest BCUT2D eigenvalue weighted by Crippen LogP contribution is 2.28. The monoisotopic (exact) mass is 213 g/mol. The topological polar surface area (TPSA) is 40.5 Å². The van der Waals surface area contributed by atoms with Crippen molar-refractivity contribution in [1.82, 2.24) is 4.90 Å². The lowest BCUT2D eigenvalue weighted by Crippen LogP contribution is -2.44. The SMILES string of the molecule is CC(C)CN(C)C1CCCCC1C(=O)O. The molecule has 0 bridgehead atoms. The third-order valence-electron chi connectivity index (χ3n) is 3.27. The maximum Gasteiger partial charge on any atom is 0.308 e. The minimum absolute atomic E-state index is 0.150. The molecule has 3 heteroatoms. The van der Waals surface area contributed by atoms with Crippen LogP contribution in [0.1, 0.15) is 39.5 Å². The molecular weight excluding hydrogens is 190 g/mol. The summed E-state index contributed by atoms with van der Waals surface area (Å²) in [5.41, 5.74) is 0. The second-order valence-corrected chi connectivity index (χ2v) is 5.13. The van der Waals surface area contributed by atoms with Crippen LogP contribution in [0.15, 0.2) is 0 Å². The van der Waals surface area contributed by atoms with Crippen molar-refractivity contribution in [2.24, 2.45) is 11.8 Å². The van der Waals surface area contributed by atoms with Crippen molar-refractivity contribution < 1.29 is 9.90 Å². The molecule has 0 aromatic carbocycles. The summed E-state index contributed by atoms with van der Waals surface area (Å²) < 4.78 is 0. The van der Waals surface area contributed by atoms with Crippen LogP contribution in [-0.2, 0) is 4.79 Å². The second-order valence-electron chi connectivity index (χ2n) is 5.13. The molecule has 0 aliphatic heterocycles.